The molecule has 11 heteroatoms. The van der Waals surface area contributed by atoms with Gasteiger partial charge in [-0.05, 0) is 30.7 Å². The summed E-state index contributed by atoms with van der Waals surface area (Å²) >= 11 is 11.9. The van der Waals surface area contributed by atoms with Gasteiger partial charge in [0.2, 0.25) is 0 Å². The van der Waals surface area contributed by atoms with E-state index in [1.54, 1.807) is 0 Å². The van der Waals surface area contributed by atoms with E-state index in [-0.39, 0.29) is 32.6 Å². The average Bonchev–Trinajstić information content (AvgIpc) is 2.72. The van der Waals surface area contributed by atoms with E-state index in [0.29, 0.717) is 0 Å². The van der Waals surface area contributed by atoms with Gasteiger partial charge in [-0.3, -0.25) is 23.9 Å². The first-order valence-electron chi connectivity index (χ1n) is 9.18. The molecule has 0 aliphatic rings. The first kappa shape index (κ1) is 23.4. The summed E-state index contributed by atoms with van der Waals surface area (Å²) in [5.74, 6) is -1.92. The number of carbonyl (C=O) groups is 2. The van der Waals surface area contributed by atoms with Crippen LogP contribution in [0.4, 0.5) is 4.39 Å². The number of carbonyl (C=O) groups excluding carboxylic acids is 2. The third-order valence-corrected chi connectivity index (χ3v) is 5.03. The van der Waals surface area contributed by atoms with Crippen molar-refractivity contribution in [2.24, 2.45) is 0 Å². The van der Waals surface area contributed by atoms with Crippen molar-refractivity contribution >= 4 is 35.0 Å². The fourth-order valence-corrected chi connectivity index (χ4v) is 3.43. The summed E-state index contributed by atoms with van der Waals surface area (Å²) in [6.45, 7) is 1.59. The van der Waals surface area contributed by atoms with Gasteiger partial charge in [0, 0.05) is 18.8 Å². The molecule has 0 aliphatic carbocycles. The maximum absolute atomic E-state index is 13.7. The van der Waals surface area contributed by atoms with Crippen LogP contribution in [-0.2, 0) is 20.9 Å². The molecule has 0 N–H and O–H groups in total. The van der Waals surface area contributed by atoms with Crippen molar-refractivity contribution < 1.29 is 18.7 Å². The zero-order valence-corrected chi connectivity index (χ0v) is 18.4. The van der Waals surface area contributed by atoms with Gasteiger partial charge in [-0.25, -0.2) is 13.8 Å². The van der Waals surface area contributed by atoms with Crippen LogP contribution >= 0.6 is 23.2 Å². The number of ether oxygens (including phenoxy) is 1. The minimum absolute atomic E-state index is 0.0201. The molecule has 3 rings (SSSR count). The zero-order valence-electron chi connectivity index (χ0n) is 16.9. The summed E-state index contributed by atoms with van der Waals surface area (Å²) in [6.07, 6.45) is 2.59. The van der Waals surface area contributed by atoms with Gasteiger partial charge >= 0.3 is 11.7 Å². The normalized spacial score (nSPS) is 10.8. The van der Waals surface area contributed by atoms with Gasteiger partial charge in [0.25, 0.3) is 5.56 Å². The molecule has 32 heavy (non-hydrogen) atoms. The first-order valence-corrected chi connectivity index (χ1v) is 9.93. The molecule has 0 saturated carbocycles. The summed E-state index contributed by atoms with van der Waals surface area (Å²) in [6, 6.07) is 5.03. The highest BCUT2D eigenvalue weighted by Gasteiger charge is 2.21. The van der Waals surface area contributed by atoms with E-state index in [2.05, 4.69) is 4.98 Å². The average molecular weight is 480 g/mol. The molecule has 2 aromatic heterocycles. The molecule has 0 bridgehead atoms. The number of nitrogens with zero attached hydrogens (tertiary/aromatic N) is 3. The third-order valence-electron chi connectivity index (χ3n) is 4.53. The molecule has 0 fully saturated rings. The van der Waals surface area contributed by atoms with Gasteiger partial charge in [-0.1, -0.05) is 29.3 Å². The molecule has 166 valence electrons. The maximum atomic E-state index is 13.7. The Morgan fingerprint density at radius 1 is 1.16 bits per heavy atom. The Morgan fingerprint density at radius 2 is 1.88 bits per heavy atom. The standard InChI is InChI=1S/C21H16Cl2FN3O5/c1-11-19(13-3-4-18(24)17(23)5-13)20(30)27(15-6-14(22)7-25-8-15)21(31)26(11)9-16(29)10-32-12(2)28/h3-8H,9-10H2,1-2H3. The lowest BCUT2D eigenvalue weighted by molar-refractivity contribution is -0.145. The number of rotatable bonds is 6. The number of halogens is 3. The molecule has 0 radical (unpaired) electrons. The van der Waals surface area contributed by atoms with E-state index in [0.717, 1.165) is 22.1 Å². The van der Waals surface area contributed by atoms with Crippen molar-refractivity contribution in [2.45, 2.75) is 20.4 Å². The van der Waals surface area contributed by atoms with E-state index >= 15 is 0 Å². The van der Waals surface area contributed by atoms with Gasteiger partial charge in [-0.15, -0.1) is 0 Å². The lowest BCUT2D eigenvalue weighted by Crippen LogP contribution is -2.42. The summed E-state index contributed by atoms with van der Waals surface area (Å²) in [5.41, 5.74) is -1.09. The van der Waals surface area contributed by atoms with E-state index in [4.69, 9.17) is 27.9 Å². The summed E-state index contributed by atoms with van der Waals surface area (Å²) in [7, 11) is 0. The Hall–Kier alpha value is -3.30. The maximum Gasteiger partial charge on any atom is 0.336 e. The molecule has 0 amide bonds. The van der Waals surface area contributed by atoms with Gasteiger partial charge in [0.1, 0.15) is 5.82 Å². The Kier molecular flexibility index (Phi) is 6.90. The first-order chi connectivity index (χ1) is 15.1. The van der Waals surface area contributed by atoms with Crippen LogP contribution in [0.5, 0.6) is 0 Å². The number of esters is 1. The molecule has 1 aromatic carbocycles. The van der Waals surface area contributed by atoms with E-state index in [1.165, 1.54) is 37.5 Å². The van der Waals surface area contributed by atoms with Crippen LogP contribution in [0.2, 0.25) is 10.0 Å². The van der Waals surface area contributed by atoms with E-state index < -0.39 is 42.0 Å². The number of pyridine rings is 1. The van der Waals surface area contributed by atoms with Crippen molar-refractivity contribution in [1.29, 1.82) is 0 Å². The highest BCUT2D eigenvalue weighted by Crippen LogP contribution is 2.25. The van der Waals surface area contributed by atoms with Crippen molar-refractivity contribution in [3.63, 3.8) is 0 Å². The second-order valence-corrected chi connectivity index (χ2v) is 7.62. The molecule has 3 aromatic rings. The molecule has 0 aliphatic heterocycles. The van der Waals surface area contributed by atoms with Crippen molar-refractivity contribution in [3.05, 3.63) is 79.1 Å². The van der Waals surface area contributed by atoms with Gasteiger partial charge in [0.15, 0.2) is 12.4 Å². The molecule has 2 heterocycles. The highest BCUT2D eigenvalue weighted by molar-refractivity contribution is 6.31. The number of aromatic nitrogens is 3. The molecule has 0 atom stereocenters. The highest BCUT2D eigenvalue weighted by atomic mass is 35.5. The number of Topliss-reactive ketones (excluding diaryl/α,β-unsaturated/α-hetero) is 1. The van der Waals surface area contributed by atoms with Crippen molar-refractivity contribution in [3.8, 4) is 16.8 Å². The fraction of sp³-hybridized carbons (Fsp3) is 0.190. The van der Waals surface area contributed by atoms with Gasteiger partial charge < -0.3 is 4.74 Å². The topological polar surface area (TPSA) is 100 Å². The molecule has 0 unspecified atom stereocenters. The predicted octanol–water partition coefficient (Wildman–Crippen LogP) is 2.95. The van der Waals surface area contributed by atoms with Crippen LogP contribution in [0, 0.1) is 12.7 Å². The fourth-order valence-electron chi connectivity index (χ4n) is 3.08. The second kappa shape index (κ2) is 9.46. The number of ketones is 1. The molecule has 8 nitrogen and oxygen atoms in total. The molecular weight excluding hydrogens is 464 g/mol. The summed E-state index contributed by atoms with van der Waals surface area (Å²) in [4.78, 5) is 53.8. The van der Waals surface area contributed by atoms with Crippen LogP contribution < -0.4 is 11.2 Å². The quantitative estimate of drug-likeness (QED) is 0.503. The Balaban J connectivity index is 2.29. The Bertz CT molecular complexity index is 1350. The van der Waals surface area contributed by atoms with Crippen LogP contribution in [0.15, 0.2) is 46.2 Å². The van der Waals surface area contributed by atoms with Crippen molar-refractivity contribution in [2.75, 3.05) is 6.61 Å². The molecular formula is C21H16Cl2FN3O5. The minimum atomic E-state index is -0.829. The van der Waals surface area contributed by atoms with E-state index in [9.17, 15) is 23.6 Å². The second-order valence-electron chi connectivity index (χ2n) is 6.78. The van der Waals surface area contributed by atoms with Crippen LogP contribution in [-0.4, -0.2) is 32.5 Å². The molecule has 0 saturated heterocycles. The Labute approximate surface area is 190 Å². The minimum Gasteiger partial charge on any atom is -0.458 e. The summed E-state index contributed by atoms with van der Waals surface area (Å²) in [5, 5.41) is -0.0424. The van der Waals surface area contributed by atoms with Crippen LogP contribution in [0.3, 0.4) is 0 Å². The lowest BCUT2D eigenvalue weighted by Gasteiger charge is -2.17. The number of benzene rings is 1. The number of hydrogen-bond donors (Lipinski definition) is 0. The Morgan fingerprint density at radius 3 is 2.50 bits per heavy atom. The van der Waals surface area contributed by atoms with E-state index in [1.807, 2.05) is 0 Å². The lowest BCUT2D eigenvalue weighted by atomic mass is 10.0. The third kappa shape index (κ3) is 4.79. The van der Waals surface area contributed by atoms with Crippen LogP contribution in [0.1, 0.15) is 12.6 Å². The van der Waals surface area contributed by atoms with Crippen molar-refractivity contribution in [1.82, 2.24) is 14.1 Å². The SMILES string of the molecule is CC(=O)OCC(=O)Cn1c(C)c(-c2ccc(F)c(Cl)c2)c(=O)n(-c2cncc(Cl)c2)c1=O. The van der Waals surface area contributed by atoms with Gasteiger partial charge in [0.05, 0.1) is 34.0 Å². The predicted molar refractivity (Wildman–Crippen MR) is 116 cm³/mol. The zero-order chi connectivity index (χ0) is 23.6. The largest absolute Gasteiger partial charge is 0.458 e. The summed E-state index contributed by atoms with van der Waals surface area (Å²) < 4.78 is 20.2. The number of hydrogen-bond acceptors (Lipinski definition) is 6. The smallest absolute Gasteiger partial charge is 0.336 e. The van der Waals surface area contributed by atoms with Gasteiger partial charge in [-0.2, -0.15) is 0 Å². The van der Waals surface area contributed by atoms with Crippen LogP contribution in [0.25, 0.3) is 16.8 Å². The molecule has 0 spiro atoms. The monoisotopic (exact) mass is 479 g/mol.